The summed E-state index contributed by atoms with van der Waals surface area (Å²) in [6.07, 6.45) is 1.09. The van der Waals surface area contributed by atoms with E-state index in [0.29, 0.717) is 46.5 Å². The van der Waals surface area contributed by atoms with Crippen molar-refractivity contribution in [2.75, 3.05) is 26.1 Å². The monoisotopic (exact) mass is 480 g/mol. The predicted octanol–water partition coefficient (Wildman–Crippen LogP) is 3.69. The van der Waals surface area contributed by atoms with Crippen LogP contribution in [0.1, 0.15) is 34.6 Å². The number of amides is 2. The number of carbonyl (C=O) groups excluding carboxylic acids is 2. The van der Waals surface area contributed by atoms with Crippen LogP contribution in [0.4, 0.5) is 5.82 Å². The van der Waals surface area contributed by atoms with Gasteiger partial charge in [-0.05, 0) is 38.1 Å². The molecule has 0 spiro atoms. The molecule has 2 aromatic carbocycles. The standard InChI is InChI=1S/C25H28N4O6/c1-15(14-32-5)33-19-10-17(24(30)26-23-8-9-28(3)27-23)11-20(12-19)35-18-6-7-21-22(13-18)34-16(2)29(4)25(21)31/h6-13,15-16H,14H2,1-5H3,(H,26,27,30)/t15-,16?/m0/s1. The smallest absolute Gasteiger partial charge is 0.260 e. The zero-order chi connectivity index (χ0) is 25.1. The molecule has 0 bridgehead atoms. The maximum Gasteiger partial charge on any atom is 0.260 e. The summed E-state index contributed by atoms with van der Waals surface area (Å²) in [4.78, 5) is 26.9. The molecule has 0 saturated carbocycles. The number of anilines is 1. The lowest BCUT2D eigenvalue weighted by Crippen LogP contribution is -2.42. The Morgan fingerprint density at radius 1 is 1.14 bits per heavy atom. The highest BCUT2D eigenvalue weighted by atomic mass is 16.5. The van der Waals surface area contributed by atoms with E-state index in [1.807, 2.05) is 6.92 Å². The van der Waals surface area contributed by atoms with Gasteiger partial charge in [0.25, 0.3) is 11.8 Å². The molecular weight excluding hydrogens is 452 g/mol. The average molecular weight is 481 g/mol. The number of hydrogen-bond acceptors (Lipinski definition) is 7. The Morgan fingerprint density at radius 2 is 1.91 bits per heavy atom. The molecule has 184 valence electrons. The lowest BCUT2D eigenvalue weighted by atomic mass is 10.1. The molecule has 1 aliphatic heterocycles. The van der Waals surface area contributed by atoms with E-state index in [-0.39, 0.29) is 17.9 Å². The van der Waals surface area contributed by atoms with Crippen LogP contribution in [-0.2, 0) is 11.8 Å². The van der Waals surface area contributed by atoms with Crippen molar-refractivity contribution in [1.29, 1.82) is 0 Å². The fraction of sp³-hybridized carbons (Fsp3) is 0.320. The van der Waals surface area contributed by atoms with Gasteiger partial charge in [-0.3, -0.25) is 14.3 Å². The van der Waals surface area contributed by atoms with E-state index in [0.717, 1.165) is 0 Å². The van der Waals surface area contributed by atoms with E-state index < -0.39 is 6.23 Å². The number of rotatable bonds is 8. The number of nitrogens with zero attached hydrogens (tertiary/aromatic N) is 3. The van der Waals surface area contributed by atoms with Crippen molar-refractivity contribution in [3.05, 3.63) is 59.8 Å². The predicted molar refractivity (Wildman–Crippen MR) is 128 cm³/mol. The summed E-state index contributed by atoms with van der Waals surface area (Å²) >= 11 is 0. The highest BCUT2D eigenvalue weighted by Gasteiger charge is 2.28. The van der Waals surface area contributed by atoms with Crippen molar-refractivity contribution >= 4 is 17.6 Å². The second kappa shape index (κ2) is 10.1. The number of ether oxygens (including phenoxy) is 4. The third-order valence-electron chi connectivity index (χ3n) is 5.42. The number of nitrogens with one attached hydrogen (secondary N) is 1. The molecule has 2 amide bonds. The van der Waals surface area contributed by atoms with E-state index in [4.69, 9.17) is 18.9 Å². The molecule has 35 heavy (non-hydrogen) atoms. The highest BCUT2D eigenvalue weighted by molar-refractivity contribution is 6.04. The maximum absolute atomic E-state index is 12.9. The summed E-state index contributed by atoms with van der Waals surface area (Å²) in [7, 11) is 5.04. The van der Waals surface area contributed by atoms with Gasteiger partial charge in [0.1, 0.15) is 29.1 Å². The first-order chi connectivity index (χ1) is 16.7. The van der Waals surface area contributed by atoms with Crippen molar-refractivity contribution in [3.8, 4) is 23.0 Å². The summed E-state index contributed by atoms with van der Waals surface area (Å²) in [5.74, 6) is 1.65. The lowest BCUT2D eigenvalue weighted by Gasteiger charge is -2.31. The van der Waals surface area contributed by atoms with E-state index in [1.54, 1.807) is 81.5 Å². The highest BCUT2D eigenvalue weighted by Crippen LogP contribution is 2.34. The molecule has 2 atom stereocenters. The number of methoxy groups -OCH3 is 1. The van der Waals surface area contributed by atoms with Crippen LogP contribution < -0.4 is 19.5 Å². The van der Waals surface area contributed by atoms with Gasteiger partial charge in [0.15, 0.2) is 12.0 Å². The molecule has 1 aromatic heterocycles. The van der Waals surface area contributed by atoms with Gasteiger partial charge < -0.3 is 29.2 Å². The molecular formula is C25H28N4O6. The van der Waals surface area contributed by atoms with E-state index in [9.17, 15) is 9.59 Å². The molecule has 10 nitrogen and oxygen atoms in total. The molecule has 3 aromatic rings. The molecule has 1 unspecified atom stereocenters. The van der Waals surface area contributed by atoms with Crippen molar-refractivity contribution < 1.29 is 28.5 Å². The maximum atomic E-state index is 12.9. The Morgan fingerprint density at radius 3 is 2.63 bits per heavy atom. The van der Waals surface area contributed by atoms with Gasteiger partial charge in [0.05, 0.1) is 12.2 Å². The number of hydrogen-bond donors (Lipinski definition) is 1. The number of aromatic nitrogens is 2. The van der Waals surface area contributed by atoms with E-state index in [2.05, 4.69) is 10.4 Å². The normalized spacial score (nSPS) is 15.7. The minimum Gasteiger partial charge on any atom is -0.488 e. The van der Waals surface area contributed by atoms with Gasteiger partial charge in [-0.2, -0.15) is 5.10 Å². The van der Waals surface area contributed by atoms with Gasteiger partial charge in [-0.25, -0.2) is 0 Å². The number of carbonyl (C=O) groups is 2. The van der Waals surface area contributed by atoms with Crippen LogP contribution >= 0.6 is 0 Å². The molecule has 0 aliphatic carbocycles. The first-order valence-electron chi connectivity index (χ1n) is 11.1. The second-order valence-electron chi connectivity index (χ2n) is 8.30. The summed E-state index contributed by atoms with van der Waals surface area (Å²) < 4.78 is 24.6. The summed E-state index contributed by atoms with van der Waals surface area (Å²) in [6.45, 7) is 4.03. The van der Waals surface area contributed by atoms with Crippen molar-refractivity contribution in [2.24, 2.45) is 7.05 Å². The largest absolute Gasteiger partial charge is 0.488 e. The number of benzene rings is 2. The van der Waals surface area contributed by atoms with Crippen LogP contribution in [0, 0.1) is 0 Å². The van der Waals surface area contributed by atoms with E-state index >= 15 is 0 Å². The second-order valence-corrected chi connectivity index (χ2v) is 8.30. The molecule has 2 heterocycles. The van der Waals surface area contributed by atoms with Gasteiger partial charge in [-0.1, -0.05) is 0 Å². The number of aryl methyl sites for hydroxylation is 1. The Hall–Kier alpha value is -4.05. The molecule has 4 rings (SSSR count). The third kappa shape index (κ3) is 5.55. The van der Waals surface area contributed by atoms with Crippen LogP contribution in [0.15, 0.2) is 48.7 Å². The van der Waals surface area contributed by atoms with Crippen molar-refractivity contribution in [3.63, 3.8) is 0 Å². The van der Waals surface area contributed by atoms with Crippen molar-refractivity contribution in [1.82, 2.24) is 14.7 Å². The third-order valence-corrected chi connectivity index (χ3v) is 5.42. The van der Waals surface area contributed by atoms with Crippen molar-refractivity contribution in [2.45, 2.75) is 26.2 Å². The minimum absolute atomic E-state index is 0.124. The SMILES string of the molecule is COC[C@H](C)Oc1cc(Oc2ccc3c(c2)OC(C)N(C)C3=O)cc(C(=O)Nc2ccn(C)n2)c1. The fourth-order valence-electron chi connectivity index (χ4n) is 3.60. The van der Waals surface area contributed by atoms with Crippen LogP contribution in [0.3, 0.4) is 0 Å². The fourth-order valence-corrected chi connectivity index (χ4v) is 3.60. The Labute approximate surface area is 203 Å². The molecule has 0 fully saturated rings. The van der Waals surface area contributed by atoms with Crippen LogP contribution in [0.5, 0.6) is 23.0 Å². The average Bonchev–Trinajstić information content (AvgIpc) is 3.21. The summed E-state index contributed by atoms with van der Waals surface area (Å²) in [5, 5.41) is 6.94. The molecule has 1 N–H and O–H groups in total. The Bertz CT molecular complexity index is 1240. The zero-order valence-corrected chi connectivity index (χ0v) is 20.3. The molecule has 10 heteroatoms. The van der Waals surface area contributed by atoms with Crippen LogP contribution in [0.2, 0.25) is 0 Å². The first-order valence-corrected chi connectivity index (χ1v) is 11.1. The summed E-state index contributed by atoms with van der Waals surface area (Å²) in [6, 6.07) is 11.6. The topological polar surface area (TPSA) is 104 Å². The van der Waals surface area contributed by atoms with Gasteiger partial charge in [0, 0.05) is 51.2 Å². The van der Waals surface area contributed by atoms with Crippen LogP contribution in [0.25, 0.3) is 0 Å². The number of fused-ring (bicyclic) bond motifs is 1. The Balaban J connectivity index is 1.62. The Kier molecular flexibility index (Phi) is 6.92. The summed E-state index contributed by atoms with van der Waals surface area (Å²) in [5.41, 5.74) is 0.784. The van der Waals surface area contributed by atoms with Gasteiger partial charge in [-0.15, -0.1) is 0 Å². The quantitative estimate of drug-likeness (QED) is 0.524. The molecule has 0 radical (unpaired) electrons. The lowest BCUT2D eigenvalue weighted by molar-refractivity contribution is 0.0293. The molecule has 1 aliphatic rings. The first kappa shape index (κ1) is 24.1. The van der Waals surface area contributed by atoms with Gasteiger partial charge >= 0.3 is 0 Å². The zero-order valence-electron chi connectivity index (χ0n) is 20.3. The van der Waals surface area contributed by atoms with E-state index in [1.165, 1.54) is 4.90 Å². The van der Waals surface area contributed by atoms with Crippen LogP contribution in [-0.4, -0.2) is 59.6 Å². The minimum atomic E-state index is -0.397. The molecule has 0 saturated heterocycles. The van der Waals surface area contributed by atoms with Gasteiger partial charge in [0.2, 0.25) is 0 Å².